The van der Waals surface area contributed by atoms with Gasteiger partial charge in [-0.15, -0.1) is 0 Å². The lowest BCUT2D eigenvalue weighted by molar-refractivity contribution is -0.161. The van der Waals surface area contributed by atoms with E-state index in [9.17, 15) is 28.9 Å². The molecule has 0 aromatic carbocycles. The van der Waals surface area contributed by atoms with Gasteiger partial charge in [-0.25, -0.2) is 4.57 Å². The van der Waals surface area contributed by atoms with E-state index in [-0.39, 0.29) is 25.9 Å². The Morgan fingerprint density at radius 3 is 1.17 bits per heavy atom. The van der Waals surface area contributed by atoms with Gasteiger partial charge in [0.2, 0.25) is 0 Å². The standard InChI is InChI=1S/C60H101O11P/c1-4-7-10-13-16-19-22-25-27-28-30-33-36-39-42-45-48-51-60(64)71-57(53-67-58(62)49-46-43-40-37-34-32-29-26-23-20-17-14-11-8-5-2)55-69-72(65,66)68-54-56(52-61)70-59(63)50-47-44-41-38-35-31-24-21-18-15-12-9-6-3/h7-8,10-11,16-17,19-20,25-27,29-30,33,39,42,56-57,61H,4-6,9,12-15,18,21-24,28,31-32,34-38,40-41,43-55H2,1-3H3,(H,65,66)/b10-7-,11-8-,19-16-,20-17-,27-25-,29-26-,33-30-,42-39-. The van der Waals surface area contributed by atoms with Gasteiger partial charge in [-0.2, -0.15) is 0 Å². The summed E-state index contributed by atoms with van der Waals surface area (Å²) in [6.07, 6.45) is 62.3. The number of allylic oxidation sites excluding steroid dienone is 16. The first-order valence-corrected chi connectivity index (χ1v) is 29.6. The first-order valence-electron chi connectivity index (χ1n) is 28.1. The maximum atomic E-state index is 12.9. The number of esters is 3. The molecular weight excluding hydrogens is 928 g/mol. The van der Waals surface area contributed by atoms with Crippen molar-refractivity contribution < 1.29 is 52.2 Å². The molecule has 0 aliphatic carbocycles. The van der Waals surface area contributed by atoms with Gasteiger partial charge in [0, 0.05) is 19.3 Å². The smallest absolute Gasteiger partial charge is 0.462 e. The van der Waals surface area contributed by atoms with Crippen LogP contribution in [0.4, 0.5) is 0 Å². The predicted octanol–water partition coefficient (Wildman–Crippen LogP) is 16.5. The van der Waals surface area contributed by atoms with Crippen molar-refractivity contribution in [1.82, 2.24) is 0 Å². The van der Waals surface area contributed by atoms with Gasteiger partial charge in [-0.3, -0.25) is 23.4 Å². The van der Waals surface area contributed by atoms with Crippen molar-refractivity contribution in [3.05, 3.63) is 97.2 Å². The third kappa shape index (κ3) is 51.3. The Hall–Kier alpha value is -3.60. The van der Waals surface area contributed by atoms with Crippen molar-refractivity contribution in [3.63, 3.8) is 0 Å². The molecule has 72 heavy (non-hydrogen) atoms. The Bertz CT molecular complexity index is 1580. The van der Waals surface area contributed by atoms with E-state index in [1.54, 1.807) is 0 Å². The molecule has 0 aliphatic heterocycles. The summed E-state index contributed by atoms with van der Waals surface area (Å²) in [5, 5.41) is 9.80. The molecule has 3 atom stereocenters. The van der Waals surface area contributed by atoms with Crippen LogP contribution in [-0.2, 0) is 42.2 Å². The Kier molecular flexibility index (Phi) is 51.0. The van der Waals surface area contributed by atoms with Gasteiger partial charge in [-0.1, -0.05) is 214 Å². The summed E-state index contributed by atoms with van der Waals surface area (Å²) in [6.45, 7) is 4.33. The minimum absolute atomic E-state index is 0.0820. The Morgan fingerprint density at radius 2 is 0.736 bits per heavy atom. The molecule has 12 heteroatoms. The molecule has 0 fully saturated rings. The number of aliphatic hydroxyl groups excluding tert-OH is 1. The third-order valence-electron chi connectivity index (χ3n) is 11.5. The number of phosphoric ester groups is 1. The second kappa shape index (κ2) is 53.7. The van der Waals surface area contributed by atoms with Crippen LogP contribution in [0, 0.1) is 0 Å². The van der Waals surface area contributed by atoms with Crippen LogP contribution in [0.5, 0.6) is 0 Å². The number of rotatable bonds is 51. The Morgan fingerprint density at radius 1 is 0.403 bits per heavy atom. The van der Waals surface area contributed by atoms with Crippen LogP contribution in [-0.4, -0.2) is 66.5 Å². The van der Waals surface area contributed by atoms with Crippen molar-refractivity contribution in [2.75, 3.05) is 26.4 Å². The molecule has 11 nitrogen and oxygen atoms in total. The largest absolute Gasteiger partial charge is 0.472 e. The van der Waals surface area contributed by atoms with Crippen molar-refractivity contribution >= 4 is 25.7 Å². The molecule has 0 radical (unpaired) electrons. The van der Waals surface area contributed by atoms with Gasteiger partial charge >= 0.3 is 25.7 Å². The van der Waals surface area contributed by atoms with Gasteiger partial charge < -0.3 is 24.2 Å². The van der Waals surface area contributed by atoms with E-state index in [4.69, 9.17) is 23.3 Å². The highest BCUT2D eigenvalue weighted by molar-refractivity contribution is 7.47. The lowest BCUT2D eigenvalue weighted by atomic mass is 10.0. The Labute approximate surface area is 438 Å². The monoisotopic (exact) mass is 1030 g/mol. The fourth-order valence-corrected chi connectivity index (χ4v) is 8.07. The molecule has 0 saturated heterocycles. The number of aliphatic hydroxyl groups is 1. The van der Waals surface area contributed by atoms with E-state index >= 15 is 0 Å². The molecule has 0 spiro atoms. The summed E-state index contributed by atoms with van der Waals surface area (Å²) in [7, 11) is -4.77. The van der Waals surface area contributed by atoms with E-state index in [0.29, 0.717) is 25.7 Å². The molecular formula is C60H101O11P. The molecule has 0 aliphatic rings. The van der Waals surface area contributed by atoms with E-state index in [1.165, 1.54) is 57.8 Å². The van der Waals surface area contributed by atoms with E-state index in [2.05, 4.69) is 106 Å². The number of carbonyl (C=O) groups is 3. The van der Waals surface area contributed by atoms with Crippen LogP contribution >= 0.6 is 7.82 Å². The molecule has 412 valence electrons. The van der Waals surface area contributed by atoms with Crippen molar-refractivity contribution in [2.45, 2.75) is 238 Å². The molecule has 0 aromatic heterocycles. The second-order valence-corrected chi connectivity index (χ2v) is 19.8. The van der Waals surface area contributed by atoms with Crippen molar-refractivity contribution in [1.29, 1.82) is 0 Å². The second-order valence-electron chi connectivity index (χ2n) is 18.3. The molecule has 3 unspecified atom stereocenters. The minimum Gasteiger partial charge on any atom is -0.462 e. The summed E-state index contributed by atoms with van der Waals surface area (Å²) in [6, 6.07) is 0. The third-order valence-corrected chi connectivity index (χ3v) is 12.5. The number of phosphoric acid groups is 1. The Balaban J connectivity index is 4.85. The molecule has 0 bridgehead atoms. The highest BCUT2D eigenvalue weighted by Gasteiger charge is 2.28. The maximum absolute atomic E-state index is 12.9. The molecule has 0 rings (SSSR count). The molecule has 0 aromatic rings. The quantitative estimate of drug-likeness (QED) is 0.0197. The highest BCUT2D eigenvalue weighted by atomic mass is 31.2. The summed E-state index contributed by atoms with van der Waals surface area (Å²) in [5.74, 6) is -1.56. The van der Waals surface area contributed by atoms with Crippen LogP contribution in [0.1, 0.15) is 226 Å². The van der Waals surface area contributed by atoms with E-state index in [1.807, 2.05) is 12.2 Å². The number of hydrogen-bond acceptors (Lipinski definition) is 10. The average Bonchev–Trinajstić information content (AvgIpc) is 3.37. The van der Waals surface area contributed by atoms with Gasteiger partial charge in [0.05, 0.1) is 19.8 Å². The maximum Gasteiger partial charge on any atom is 0.472 e. The van der Waals surface area contributed by atoms with E-state index < -0.39 is 57.8 Å². The lowest BCUT2D eigenvalue weighted by Gasteiger charge is -2.21. The van der Waals surface area contributed by atoms with Crippen LogP contribution in [0.3, 0.4) is 0 Å². The van der Waals surface area contributed by atoms with Crippen LogP contribution in [0.25, 0.3) is 0 Å². The van der Waals surface area contributed by atoms with Crippen molar-refractivity contribution in [2.24, 2.45) is 0 Å². The number of ether oxygens (including phenoxy) is 3. The number of unbranched alkanes of at least 4 members (excludes halogenated alkanes) is 18. The minimum atomic E-state index is -4.77. The van der Waals surface area contributed by atoms with Gasteiger partial charge in [0.1, 0.15) is 12.7 Å². The average molecular weight is 1030 g/mol. The van der Waals surface area contributed by atoms with Gasteiger partial charge in [0.25, 0.3) is 0 Å². The fourth-order valence-electron chi connectivity index (χ4n) is 7.29. The van der Waals surface area contributed by atoms with Gasteiger partial charge in [-0.05, 0) is 89.9 Å². The number of carbonyl (C=O) groups excluding carboxylic acids is 3. The van der Waals surface area contributed by atoms with E-state index in [0.717, 1.165) is 103 Å². The molecule has 0 amide bonds. The summed E-state index contributed by atoms with van der Waals surface area (Å²) >= 11 is 0. The lowest BCUT2D eigenvalue weighted by Crippen LogP contribution is -2.30. The highest BCUT2D eigenvalue weighted by Crippen LogP contribution is 2.43. The SMILES string of the molecule is CC/C=C\C/C=C\C/C=C\C/C=C\C/C=C\CCCC(=O)OC(COC(=O)CCCCCCC/C=C\C/C=C\C/C=C\CC)COP(=O)(O)OCC(CO)OC(=O)CCCCCCCCCCCCCCC. The fraction of sp³-hybridized carbons (Fsp3) is 0.683. The first-order chi connectivity index (χ1) is 35.2. The first kappa shape index (κ1) is 68.4. The van der Waals surface area contributed by atoms with Crippen LogP contribution in [0.2, 0.25) is 0 Å². The van der Waals surface area contributed by atoms with Gasteiger partial charge in [0.15, 0.2) is 6.10 Å². The summed E-state index contributed by atoms with van der Waals surface area (Å²) in [5.41, 5.74) is 0. The molecule has 2 N–H and O–H groups in total. The van der Waals surface area contributed by atoms with Crippen LogP contribution in [0.15, 0.2) is 97.2 Å². The topological polar surface area (TPSA) is 155 Å². The molecule has 0 heterocycles. The predicted molar refractivity (Wildman–Crippen MR) is 297 cm³/mol. The summed E-state index contributed by atoms with van der Waals surface area (Å²) < 4.78 is 39.4. The summed E-state index contributed by atoms with van der Waals surface area (Å²) in [4.78, 5) is 48.5. The zero-order valence-electron chi connectivity index (χ0n) is 45.4. The molecule has 0 saturated carbocycles. The normalized spacial score (nSPS) is 14.1. The zero-order valence-corrected chi connectivity index (χ0v) is 46.3. The number of hydrogen-bond donors (Lipinski definition) is 2. The zero-order chi connectivity index (χ0) is 52.7. The van der Waals surface area contributed by atoms with Crippen molar-refractivity contribution in [3.8, 4) is 0 Å². The van der Waals surface area contributed by atoms with Crippen LogP contribution < -0.4 is 0 Å².